The molecule has 1 aromatic heterocycles. The summed E-state index contributed by atoms with van der Waals surface area (Å²) in [7, 11) is 0. The summed E-state index contributed by atoms with van der Waals surface area (Å²) in [5.74, 6) is 0. The van der Waals surface area contributed by atoms with Crippen LogP contribution in [0.25, 0.3) is 0 Å². The van der Waals surface area contributed by atoms with Gasteiger partial charge < -0.3 is 0 Å². The molecule has 0 saturated heterocycles. The van der Waals surface area contributed by atoms with E-state index in [1.54, 1.807) is 0 Å². The first-order valence-corrected chi connectivity index (χ1v) is 2.34. The van der Waals surface area contributed by atoms with Crippen molar-refractivity contribution in [2.45, 2.75) is 0 Å². The molecule has 1 aromatic rings. The van der Waals surface area contributed by atoms with Crippen LogP contribution in [0, 0.1) is 0 Å². The predicted molar refractivity (Wildman–Crippen MR) is 24.2 cm³/mol. The number of aromatic nitrogens is 2. The van der Waals surface area contributed by atoms with Gasteiger partial charge in [-0.15, -0.1) is 3.48 Å². The molecule has 0 aliphatic carbocycles. The fraction of sp³-hybridized carbons (Fsp3) is 0. The lowest BCUT2D eigenvalue weighted by Crippen LogP contribution is -2.17. The zero-order valence-corrected chi connectivity index (χ0v) is 4.21. The molecule has 0 aliphatic rings. The van der Waals surface area contributed by atoms with Crippen molar-refractivity contribution in [1.82, 2.24) is 7.85 Å². The van der Waals surface area contributed by atoms with Crippen LogP contribution in [0.2, 0.25) is 0 Å². The first kappa shape index (κ1) is 3.95. The summed E-state index contributed by atoms with van der Waals surface area (Å²) in [6.45, 7) is 0. The third-order valence-electron chi connectivity index (χ3n) is 0.373. The van der Waals surface area contributed by atoms with Crippen molar-refractivity contribution >= 4 is 23.5 Å². The zero-order valence-electron chi connectivity index (χ0n) is 2.64. The molecule has 1 N–H and O–H groups in total. The third-order valence-corrected chi connectivity index (χ3v) is 1.33. The Morgan fingerprint density at radius 2 is 2.50 bits per heavy atom. The SMILES string of the molecule is O=c1[nH]sn1Cl. The van der Waals surface area contributed by atoms with E-state index in [9.17, 15) is 4.79 Å². The Bertz CT molecular complexity index is 172. The molecule has 0 fully saturated rings. The van der Waals surface area contributed by atoms with Crippen molar-refractivity contribution in [3.63, 3.8) is 0 Å². The Morgan fingerprint density at radius 3 is 2.50 bits per heavy atom. The van der Waals surface area contributed by atoms with Gasteiger partial charge in [-0.05, 0) is 0 Å². The van der Waals surface area contributed by atoms with E-state index in [0.29, 0.717) is 0 Å². The van der Waals surface area contributed by atoms with Crippen LogP contribution >= 0.6 is 23.5 Å². The predicted octanol–water partition coefficient (Wildman–Crippen LogP) is 0.240. The maximum Gasteiger partial charge on any atom is 0.361 e. The summed E-state index contributed by atoms with van der Waals surface area (Å²) in [6.07, 6.45) is 0. The van der Waals surface area contributed by atoms with Crippen molar-refractivity contribution < 1.29 is 0 Å². The molecule has 0 aromatic carbocycles. The topological polar surface area (TPSA) is 37.8 Å². The van der Waals surface area contributed by atoms with E-state index in [0.717, 1.165) is 15.2 Å². The minimum Gasteiger partial charge on any atom is -0.245 e. The lowest BCUT2D eigenvalue weighted by Gasteiger charge is -1.87. The Balaban J connectivity index is 3.19. The van der Waals surface area contributed by atoms with Crippen molar-refractivity contribution in [3.8, 4) is 0 Å². The Morgan fingerprint density at radius 1 is 2.00 bits per heavy atom. The minimum atomic E-state index is -0.248. The number of nitrogens with one attached hydrogen (secondary N) is 1. The molecule has 0 unspecified atom stereocenters. The van der Waals surface area contributed by atoms with Crippen LogP contribution in [0.1, 0.15) is 0 Å². The minimum absolute atomic E-state index is 0.248. The second-order valence-corrected chi connectivity index (χ2v) is 2.03. The van der Waals surface area contributed by atoms with Crippen LogP contribution in [0.15, 0.2) is 4.79 Å². The molecule has 0 aliphatic heterocycles. The number of hydrogen-bond donors (Lipinski definition) is 1. The zero-order chi connectivity index (χ0) is 4.57. The maximum absolute atomic E-state index is 9.89. The van der Waals surface area contributed by atoms with Crippen LogP contribution in [-0.4, -0.2) is 7.85 Å². The highest BCUT2D eigenvalue weighted by molar-refractivity contribution is 7.03. The van der Waals surface area contributed by atoms with Gasteiger partial charge in [0.15, 0.2) is 0 Å². The normalized spacial score (nSPS) is 9.50. The molecule has 0 spiro atoms. The molecule has 34 valence electrons. The van der Waals surface area contributed by atoms with Gasteiger partial charge in [-0.25, -0.2) is 9.17 Å². The van der Waals surface area contributed by atoms with Crippen LogP contribution in [-0.2, 0) is 0 Å². The summed E-state index contributed by atoms with van der Waals surface area (Å²) in [5.41, 5.74) is -0.248. The number of halogens is 1. The van der Waals surface area contributed by atoms with Crippen molar-refractivity contribution in [1.29, 1.82) is 0 Å². The largest absolute Gasteiger partial charge is 0.361 e. The third kappa shape index (κ3) is 0.379. The van der Waals surface area contributed by atoms with Crippen LogP contribution < -0.4 is 5.69 Å². The van der Waals surface area contributed by atoms with Crippen LogP contribution in [0.5, 0.6) is 0 Å². The molecular weight excluding hydrogens is 124 g/mol. The molecular formula is CHClN2OS. The van der Waals surface area contributed by atoms with Gasteiger partial charge >= 0.3 is 5.69 Å². The lowest BCUT2D eigenvalue weighted by molar-refractivity contribution is 1.10. The summed E-state index contributed by atoms with van der Waals surface area (Å²) in [6, 6.07) is 0. The van der Waals surface area contributed by atoms with Gasteiger partial charge in [0.1, 0.15) is 0 Å². The Labute approximate surface area is 42.6 Å². The molecule has 0 atom stereocenters. The molecule has 0 amide bonds. The van der Waals surface area contributed by atoms with E-state index in [2.05, 4.69) is 4.37 Å². The molecule has 0 radical (unpaired) electrons. The van der Waals surface area contributed by atoms with Gasteiger partial charge in [0.2, 0.25) is 0 Å². The van der Waals surface area contributed by atoms with Crippen LogP contribution in [0.3, 0.4) is 0 Å². The van der Waals surface area contributed by atoms with Crippen molar-refractivity contribution in [2.24, 2.45) is 0 Å². The van der Waals surface area contributed by atoms with Gasteiger partial charge in [-0.1, -0.05) is 0 Å². The average Bonchev–Trinajstić information content (AvgIpc) is 1.61. The average molecular weight is 125 g/mol. The van der Waals surface area contributed by atoms with Crippen LogP contribution in [0.4, 0.5) is 0 Å². The highest BCUT2D eigenvalue weighted by Crippen LogP contribution is 1.86. The van der Waals surface area contributed by atoms with E-state index in [4.69, 9.17) is 11.8 Å². The maximum atomic E-state index is 9.89. The van der Waals surface area contributed by atoms with E-state index in [1.165, 1.54) is 0 Å². The Hall–Kier alpha value is -0.220. The van der Waals surface area contributed by atoms with E-state index in [1.807, 2.05) is 0 Å². The Kier molecular flexibility index (Phi) is 0.743. The number of hydrogen-bond acceptors (Lipinski definition) is 2. The first-order chi connectivity index (χ1) is 2.80. The summed E-state index contributed by atoms with van der Waals surface area (Å²) < 4.78 is 3.32. The molecule has 0 bridgehead atoms. The number of H-pyrrole nitrogens is 1. The van der Waals surface area contributed by atoms with Crippen molar-refractivity contribution in [3.05, 3.63) is 10.5 Å². The summed E-state index contributed by atoms with van der Waals surface area (Å²) >= 11 is 6.15. The van der Waals surface area contributed by atoms with E-state index < -0.39 is 0 Å². The quantitative estimate of drug-likeness (QED) is 0.529. The fourth-order valence-corrected chi connectivity index (χ4v) is 0.559. The smallest absolute Gasteiger partial charge is 0.245 e. The molecule has 6 heavy (non-hydrogen) atoms. The molecule has 1 heterocycles. The van der Waals surface area contributed by atoms with Gasteiger partial charge in [-0.2, -0.15) is 0 Å². The lowest BCUT2D eigenvalue weighted by atomic mass is 11.4. The first-order valence-electron chi connectivity index (χ1n) is 1.23. The van der Waals surface area contributed by atoms with Gasteiger partial charge in [0, 0.05) is 23.5 Å². The molecule has 1 rings (SSSR count). The monoisotopic (exact) mass is 124 g/mol. The molecule has 3 nitrogen and oxygen atoms in total. The second-order valence-electron chi connectivity index (χ2n) is 0.743. The molecule has 5 heteroatoms. The number of aromatic amines is 1. The number of nitrogens with zero attached hydrogens (tertiary/aromatic N) is 1. The summed E-state index contributed by atoms with van der Waals surface area (Å²) in [5, 5.41) is 0. The second kappa shape index (κ2) is 1.13. The van der Waals surface area contributed by atoms with Gasteiger partial charge in [0.25, 0.3) is 0 Å². The fourth-order valence-electron chi connectivity index (χ4n) is 0.117. The van der Waals surface area contributed by atoms with E-state index in [-0.39, 0.29) is 5.69 Å². The molecule has 0 saturated carbocycles. The summed E-state index contributed by atoms with van der Waals surface area (Å²) in [4.78, 5) is 9.89. The van der Waals surface area contributed by atoms with Gasteiger partial charge in [0.05, 0.1) is 0 Å². The number of rotatable bonds is 0. The van der Waals surface area contributed by atoms with Crippen molar-refractivity contribution in [2.75, 3.05) is 0 Å². The van der Waals surface area contributed by atoms with E-state index >= 15 is 0 Å². The highest BCUT2D eigenvalue weighted by atomic mass is 35.5. The highest BCUT2D eigenvalue weighted by Gasteiger charge is 1.89. The standard InChI is InChI=1S/CHClN2OS/c2-4-1(5)3-6-4/h(H,3,5). The van der Waals surface area contributed by atoms with Gasteiger partial charge in [-0.3, -0.25) is 0 Å².